The molecule has 0 amide bonds. The highest BCUT2D eigenvalue weighted by Crippen LogP contribution is 2.68. The van der Waals surface area contributed by atoms with Gasteiger partial charge < -0.3 is 18.9 Å². The molecule has 5 aliphatic rings. The lowest BCUT2D eigenvalue weighted by Gasteiger charge is -2.40. The van der Waals surface area contributed by atoms with E-state index in [0.29, 0.717) is 0 Å². The number of rotatable bonds is 15. The molecule has 2 spiro atoms. The van der Waals surface area contributed by atoms with E-state index in [0.717, 1.165) is 89.8 Å². The molecule has 23 aromatic carbocycles. The van der Waals surface area contributed by atoms with Crippen molar-refractivity contribution in [2.75, 3.05) is 9.80 Å². The van der Waals surface area contributed by atoms with Gasteiger partial charge in [-0.25, -0.2) is 0 Å². The number of hydrogen-bond donors (Lipinski definition) is 0. The standard InChI is InChI=1S/C141H90N4/c1-5-37-91(38-6-1)94-77-79-95(80-78-94)96-81-83-104(84-82-96)142(126-69-24-16-51-106(126)99-45-29-43-97(87-99)92-39-7-2-8-40-92)132-75-35-65-121-135(132)113-55-14-21-62-118(113)141(121)120-64-23-28-73-130(120)145-131-74-34-57-108(134(131)115-59-33-68-124(141)138(115)145)101-47-31-50-103(89-101)139(102-48-11-4-12-49-102)116-60-19-13-53-109(116)110-86-85-105(90-125(110)139)143(127-70-25-17-52-107(127)100-46-30-44-98(88-100)93-41-9-3-10-42-93)133-76-36-66-122-136(133)114-56-15-20-61-117(114)140(122)119-63-22-27-72-129(119)144-128-71-26-18-54-111(128)112-58-32-67-123(140)137(112)144/h1-90H. The van der Waals surface area contributed by atoms with E-state index in [1.54, 1.807) is 0 Å². The Balaban J connectivity index is 0.609. The van der Waals surface area contributed by atoms with Gasteiger partial charge in [0, 0.05) is 55.2 Å². The summed E-state index contributed by atoms with van der Waals surface area (Å²) >= 11 is 0. The number of fused-ring (bicyclic) bond motifs is 27. The minimum Gasteiger partial charge on any atom is -0.309 e. The number of para-hydroxylation sites is 7. The highest BCUT2D eigenvalue weighted by molar-refractivity contribution is 6.19. The van der Waals surface area contributed by atoms with Crippen LogP contribution in [0.5, 0.6) is 0 Å². The van der Waals surface area contributed by atoms with Gasteiger partial charge in [-0.2, -0.15) is 0 Å². The van der Waals surface area contributed by atoms with Gasteiger partial charge in [0.15, 0.2) is 0 Å². The van der Waals surface area contributed by atoms with Crippen LogP contribution in [0.15, 0.2) is 546 Å². The molecule has 4 heterocycles. The molecular formula is C141H90N4. The highest BCUT2D eigenvalue weighted by Gasteiger charge is 2.55. The molecule has 3 aliphatic carbocycles. The number of aromatic nitrogens is 2. The summed E-state index contributed by atoms with van der Waals surface area (Å²) in [5.41, 5.74) is 49.6. The fourth-order valence-corrected chi connectivity index (χ4v) is 26.6. The maximum Gasteiger partial charge on any atom is 0.0755 e. The zero-order valence-corrected chi connectivity index (χ0v) is 79.3. The topological polar surface area (TPSA) is 16.3 Å². The molecule has 2 aromatic heterocycles. The number of nitrogens with zero attached hydrogens (tertiary/aromatic N) is 4. The lowest BCUT2D eigenvalue weighted by molar-refractivity contribution is 0.748. The van der Waals surface area contributed by atoms with Crippen LogP contribution < -0.4 is 9.80 Å². The lowest BCUT2D eigenvalue weighted by Crippen LogP contribution is -2.33. The smallest absolute Gasteiger partial charge is 0.0755 e. The molecule has 3 atom stereocenters. The fraction of sp³-hybridized carbons (Fsp3) is 0.0213. The molecule has 0 fully saturated rings. The van der Waals surface area contributed by atoms with E-state index >= 15 is 0 Å². The van der Waals surface area contributed by atoms with Crippen molar-refractivity contribution in [2.45, 2.75) is 16.2 Å². The van der Waals surface area contributed by atoms with Gasteiger partial charge in [0.1, 0.15) is 0 Å². The maximum atomic E-state index is 2.64. The van der Waals surface area contributed by atoms with E-state index in [-0.39, 0.29) is 0 Å². The molecule has 0 bridgehead atoms. The van der Waals surface area contributed by atoms with Crippen molar-refractivity contribution in [3.8, 4) is 123 Å². The first kappa shape index (κ1) is 82.2. The van der Waals surface area contributed by atoms with Crippen LogP contribution in [0, 0.1) is 0 Å². The summed E-state index contributed by atoms with van der Waals surface area (Å²) < 4.78 is 5.17. The van der Waals surface area contributed by atoms with Gasteiger partial charge in [-0.05, 0) is 247 Å². The molecule has 0 saturated carbocycles. The molecule has 25 aromatic rings. The van der Waals surface area contributed by atoms with Crippen LogP contribution in [0.2, 0.25) is 0 Å². The van der Waals surface area contributed by atoms with Crippen molar-refractivity contribution in [3.05, 3.63) is 613 Å². The van der Waals surface area contributed by atoms with E-state index in [4.69, 9.17) is 0 Å². The van der Waals surface area contributed by atoms with Gasteiger partial charge in [-0.3, -0.25) is 0 Å². The fourth-order valence-electron chi connectivity index (χ4n) is 26.6. The Hall–Kier alpha value is -18.7. The summed E-state index contributed by atoms with van der Waals surface area (Å²) in [4.78, 5) is 5.19. The second-order valence-corrected chi connectivity index (χ2v) is 39.4. The summed E-state index contributed by atoms with van der Waals surface area (Å²) in [7, 11) is 0. The molecule has 0 saturated heterocycles. The zero-order valence-electron chi connectivity index (χ0n) is 79.3. The third kappa shape index (κ3) is 11.8. The molecule has 0 radical (unpaired) electrons. The summed E-state index contributed by atoms with van der Waals surface area (Å²) in [6.07, 6.45) is 0. The monoisotopic (exact) mass is 1840 g/mol. The van der Waals surface area contributed by atoms with E-state index in [1.807, 2.05) is 0 Å². The van der Waals surface area contributed by atoms with Gasteiger partial charge in [-0.15, -0.1) is 0 Å². The Labute approximate surface area is 842 Å². The Morgan fingerprint density at radius 3 is 1.06 bits per heavy atom. The number of anilines is 6. The van der Waals surface area contributed by atoms with E-state index in [9.17, 15) is 0 Å². The first-order valence-corrected chi connectivity index (χ1v) is 50.5. The SMILES string of the molecule is c1ccc(-c2ccc(-c3ccc(N(c4ccccc4-c4cccc(-c5ccccc5)c4)c4cccc5c4-c4ccccc4C54c5ccccc5-n5c6cccc(-c7cccc(C8(c9ccccc9)c9ccccc9-c9ccc(N(c%10ccccc%10-c%10cccc(-c%11ccccc%11)c%10)c%10cccc%11c%10-c%10ccccc%10C%11%10c%11ccccc%11-n%11c%12ccccc%12c%12cccc%10c%12%11)cc98)c7)c6c6cccc4c65)cc3)cc2)cc1. The third-order valence-corrected chi connectivity index (χ3v) is 32.4. The van der Waals surface area contributed by atoms with Gasteiger partial charge in [-0.1, -0.05) is 455 Å². The van der Waals surface area contributed by atoms with E-state index in [2.05, 4.69) is 565 Å². The molecule has 4 nitrogen and oxygen atoms in total. The van der Waals surface area contributed by atoms with Crippen molar-refractivity contribution in [1.82, 2.24) is 9.13 Å². The highest BCUT2D eigenvalue weighted by atomic mass is 15.2. The summed E-state index contributed by atoms with van der Waals surface area (Å²) in [6.45, 7) is 0. The van der Waals surface area contributed by atoms with Gasteiger partial charge >= 0.3 is 0 Å². The Morgan fingerprint density at radius 1 is 0.159 bits per heavy atom. The molecule has 145 heavy (non-hydrogen) atoms. The van der Waals surface area contributed by atoms with Gasteiger partial charge in [0.05, 0.1) is 72.4 Å². The summed E-state index contributed by atoms with van der Waals surface area (Å²) in [5, 5.41) is 4.91. The average molecular weight is 1840 g/mol. The number of hydrogen-bond acceptors (Lipinski definition) is 2. The van der Waals surface area contributed by atoms with Gasteiger partial charge in [0.25, 0.3) is 0 Å². The molecule has 2 aliphatic heterocycles. The molecule has 0 N–H and O–H groups in total. The second kappa shape index (κ2) is 32.2. The maximum absolute atomic E-state index is 2.64. The van der Waals surface area contributed by atoms with Crippen LogP contribution in [0.3, 0.4) is 0 Å². The van der Waals surface area contributed by atoms with Crippen LogP contribution in [0.25, 0.3) is 166 Å². The second-order valence-electron chi connectivity index (χ2n) is 39.4. The Bertz CT molecular complexity index is 9650. The zero-order chi connectivity index (χ0) is 95.2. The minimum atomic E-state index is -0.859. The van der Waals surface area contributed by atoms with Gasteiger partial charge in [0.2, 0.25) is 0 Å². The molecular weight excluding hydrogens is 1750 g/mol. The van der Waals surface area contributed by atoms with Crippen LogP contribution in [0.4, 0.5) is 34.1 Å². The lowest BCUT2D eigenvalue weighted by atomic mass is 9.65. The predicted molar refractivity (Wildman–Crippen MR) is 602 cm³/mol. The molecule has 4 heteroatoms. The molecule has 3 unspecified atom stereocenters. The Morgan fingerprint density at radius 2 is 0.490 bits per heavy atom. The number of benzene rings is 23. The first-order valence-electron chi connectivity index (χ1n) is 50.5. The van der Waals surface area contributed by atoms with Crippen molar-refractivity contribution >= 4 is 77.7 Å². The Kier molecular flexibility index (Phi) is 18.2. The quantitative estimate of drug-likeness (QED) is 0.102. The van der Waals surface area contributed by atoms with Crippen molar-refractivity contribution in [3.63, 3.8) is 0 Å². The van der Waals surface area contributed by atoms with Crippen molar-refractivity contribution in [1.29, 1.82) is 0 Å². The van der Waals surface area contributed by atoms with E-state index < -0.39 is 16.2 Å². The summed E-state index contributed by atoms with van der Waals surface area (Å²) in [5.74, 6) is 0. The van der Waals surface area contributed by atoms with Crippen LogP contribution >= 0.6 is 0 Å². The normalized spacial score (nSPS) is 15.4. The summed E-state index contributed by atoms with van der Waals surface area (Å²) in [6, 6.07) is 207. The van der Waals surface area contributed by atoms with Crippen LogP contribution in [-0.4, -0.2) is 9.13 Å². The average Bonchev–Trinajstić information content (AvgIpc) is 1.50. The predicted octanol–water partition coefficient (Wildman–Crippen LogP) is 36.2. The van der Waals surface area contributed by atoms with Crippen molar-refractivity contribution in [2.24, 2.45) is 0 Å². The first-order chi connectivity index (χ1) is 72.0. The molecule has 30 rings (SSSR count). The van der Waals surface area contributed by atoms with Crippen LogP contribution in [0.1, 0.15) is 66.8 Å². The third-order valence-electron chi connectivity index (χ3n) is 32.4. The van der Waals surface area contributed by atoms with Crippen molar-refractivity contribution < 1.29 is 0 Å². The molecule has 674 valence electrons. The largest absolute Gasteiger partial charge is 0.309 e. The van der Waals surface area contributed by atoms with Crippen LogP contribution in [-0.2, 0) is 16.2 Å². The van der Waals surface area contributed by atoms with E-state index in [1.165, 1.54) is 177 Å². The minimum absolute atomic E-state index is 0.709.